The fraction of sp³-hybridized carbons (Fsp3) is 0.579. The SMILES string of the molecule is CCNC(=NCc1cccc(NC(=O)C2CCCO2)c1)NCCCOC.I. The first-order valence-electron chi connectivity index (χ1n) is 9.25. The van der Waals surface area contributed by atoms with Crippen LogP contribution in [0.1, 0.15) is 31.7 Å². The van der Waals surface area contributed by atoms with Crippen LogP contribution in [0.5, 0.6) is 0 Å². The van der Waals surface area contributed by atoms with E-state index in [0.29, 0.717) is 13.2 Å². The molecule has 1 aliphatic rings. The lowest BCUT2D eigenvalue weighted by Crippen LogP contribution is -2.38. The number of benzene rings is 1. The van der Waals surface area contributed by atoms with Gasteiger partial charge in [0.05, 0.1) is 6.54 Å². The van der Waals surface area contributed by atoms with Crippen molar-refractivity contribution in [2.45, 2.75) is 38.8 Å². The molecular formula is C19H31IN4O3. The molecule has 7 nitrogen and oxygen atoms in total. The third-order valence-corrected chi connectivity index (χ3v) is 4.00. The minimum Gasteiger partial charge on any atom is -0.385 e. The number of halogens is 1. The molecule has 0 radical (unpaired) electrons. The van der Waals surface area contributed by atoms with E-state index in [1.165, 1.54) is 0 Å². The van der Waals surface area contributed by atoms with Crippen LogP contribution in [0.25, 0.3) is 0 Å². The number of aliphatic imine (C=N–C) groups is 1. The van der Waals surface area contributed by atoms with Crippen molar-refractivity contribution in [1.29, 1.82) is 0 Å². The molecule has 27 heavy (non-hydrogen) atoms. The van der Waals surface area contributed by atoms with Crippen molar-refractivity contribution in [3.63, 3.8) is 0 Å². The molecule has 2 rings (SSSR count). The van der Waals surface area contributed by atoms with Crippen LogP contribution >= 0.6 is 24.0 Å². The van der Waals surface area contributed by atoms with Gasteiger partial charge < -0.3 is 25.4 Å². The highest BCUT2D eigenvalue weighted by Gasteiger charge is 2.23. The second kappa shape index (κ2) is 13.7. The highest BCUT2D eigenvalue weighted by Crippen LogP contribution is 2.16. The van der Waals surface area contributed by atoms with Gasteiger partial charge in [-0.25, -0.2) is 4.99 Å². The van der Waals surface area contributed by atoms with Crippen molar-refractivity contribution < 1.29 is 14.3 Å². The number of ether oxygens (including phenoxy) is 2. The fourth-order valence-corrected chi connectivity index (χ4v) is 2.69. The maximum absolute atomic E-state index is 12.2. The largest absolute Gasteiger partial charge is 0.385 e. The highest BCUT2D eigenvalue weighted by molar-refractivity contribution is 14.0. The van der Waals surface area contributed by atoms with Gasteiger partial charge in [-0.15, -0.1) is 24.0 Å². The van der Waals surface area contributed by atoms with Gasteiger partial charge in [-0.1, -0.05) is 12.1 Å². The number of anilines is 1. The maximum atomic E-state index is 12.2. The topological polar surface area (TPSA) is 84.0 Å². The molecule has 0 aromatic heterocycles. The maximum Gasteiger partial charge on any atom is 0.253 e. The molecule has 1 heterocycles. The quantitative estimate of drug-likeness (QED) is 0.215. The van der Waals surface area contributed by atoms with Crippen molar-refractivity contribution in [1.82, 2.24) is 10.6 Å². The molecule has 1 aromatic carbocycles. The Morgan fingerprint density at radius 1 is 1.37 bits per heavy atom. The van der Waals surface area contributed by atoms with Crippen molar-refractivity contribution in [3.05, 3.63) is 29.8 Å². The van der Waals surface area contributed by atoms with Gasteiger partial charge in [0.2, 0.25) is 0 Å². The summed E-state index contributed by atoms with van der Waals surface area (Å²) in [5.74, 6) is 0.702. The summed E-state index contributed by atoms with van der Waals surface area (Å²) in [4.78, 5) is 16.8. The van der Waals surface area contributed by atoms with Crippen LogP contribution < -0.4 is 16.0 Å². The van der Waals surface area contributed by atoms with Crippen LogP contribution in [-0.2, 0) is 20.8 Å². The number of nitrogens with one attached hydrogen (secondary N) is 3. The van der Waals surface area contributed by atoms with Gasteiger partial charge in [0, 0.05) is 39.1 Å². The Balaban J connectivity index is 0.00000364. The van der Waals surface area contributed by atoms with E-state index in [-0.39, 0.29) is 36.0 Å². The van der Waals surface area contributed by atoms with Crippen LogP contribution in [0.2, 0.25) is 0 Å². The van der Waals surface area contributed by atoms with E-state index >= 15 is 0 Å². The van der Waals surface area contributed by atoms with Gasteiger partial charge in [-0.05, 0) is 43.9 Å². The van der Waals surface area contributed by atoms with E-state index in [1.807, 2.05) is 31.2 Å². The van der Waals surface area contributed by atoms with E-state index in [2.05, 4.69) is 20.9 Å². The zero-order chi connectivity index (χ0) is 18.6. The van der Waals surface area contributed by atoms with Gasteiger partial charge in [0.25, 0.3) is 5.91 Å². The summed E-state index contributed by atoms with van der Waals surface area (Å²) in [5.41, 5.74) is 1.81. The number of amides is 1. The molecule has 152 valence electrons. The van der Waals surface area contributed by atoms with E-state index in [4.69, 9.17) is 9.47 Å². The van der Waals surface area contributed by atoms with Gasteiger partial charge in [-0.2, -0.15) is 0 Å². The molecule has 1 amide bonds. The van der Waals surface area contributed by atoms with Gasteiger partial charge >= 0.3 is 0 Å². The third kappa shape index (κ3) is 8.89. The molecule has 0 aliphatic carbocycles. The van der Waals surface area contributed by atoms with Gasteiger partial charge in [0.15, 0.2) is 5.96 Å². The number of nitrogens with zero attached hydrogens (tertiary/aromatic N) is 1. The third-order valence-electron chi connectivity index (χ3n) is 4.00. The summed E-state index contributed by atoms with van der Waals surface area (Å²) in [5, 5.41) is 9.44. The Hall–Kier alpha value is -1.39. The Morgan fingerprint density at radius 2 is 2.22 bits per heavy atom. The lowest BCUT2D eigenvalue weighted by Gasteiger charge is -2.12. The highest BCUT2D eigenvalue weighted by atomic mass is 127. The second-order valence-corrected chi connectivity index (χ2v) is 6.16. The number of guanidine groups is 1. The van der Waals surface area contributed by atoms with Crippen LogP contribution in [0.3, 0.4) is 0 Å². The fourth-order valence-electron chi connectivity index (χ4n) is 2.69. The molecule has 1 aliphatic heterocycles. The van der Waals surface area contributed by atoms with E-state index in [0.717, 1.165) is 56.2 Å². The number of methoxy groups -OCH3 is 1. The Bertz CT molecular complexity index is 592. The number of hydrogen-bond acceptors (Lipinski definition) is 4. The Labute approximate surface area is 178 Å². The normalized spacial score (nSPS) is 16.5. The lowest BCUT2D eigenvalue weighted by molar-refractivity contribution is -0.124. The van der Waals surface area contributed by atoms with Gasteiger partial charge in [-0.3, -0.25) is 4.79 Å². The summed E-state index contributed by atoms with van der Waals surface area (Å²) >= 11 is 0. The Morgan fingerprint density at radius 3 is 2.93 bits per heavy atom. The zero-order valence-electron chi connectivity index (χ0n) is 16.1. The van der Waals surface area contributed by atoms with Crippen LogP contribution in [0.4, 0.5) is 5.69 Å². The van der Waals surface area contributed by atoms with Crippen LogP contribution in [-0.4, -0.2) is 51.4 Å². The molecule has 1 aromatic rings. The minimum atomic E-state index is -0.326. The molecule has 1 fully saturated rings. The molecule has 0 spiro atoms. The lowest BCUT2D eigenvalue weighted by atomic mass is 10.2. The Kier molecular flexibility index (Phi) is 12.0. The van der Waals surface area contributed by atoms with Crippen molar-refractivity contribution in [2.24, 2.45) is 4.99 Å². The standard InChI is InChI=1S/C19H30N4O3.HI/c1-3-20-19(21-10-6-11-25-2)22-14-15-7-4-8-16(13-15)23-18(24)17-9-5-12-26-17;/h4,7-8,13,17H,3,5-6,9-12,14H2,1-2H3,(H,23,24)(H2,20,21,22);1H. The molecule has 1 unspecified atom stereocenters. The van der Waals surface area contributed by atoms with Crippen molar-refractivity contribution in [2.75, 3.05) is 38.7 Å². The average Bonchev–Trinajstić information content (AvgIpc) is 3.18. The molecular weight excluding hydrogens is 459 g/mol. The summed E-state index contributed by atoms with van der Waals surface area (Å²) in [6.07, 6.45) is 2.33. The monoisotopic (exact) mass is 490 g/mol. The summed E-state index contributed by atoms with van der Waals surface area (Å²) in [6.45, 7) is 5.55. The summed E-state index contributed by atoms with van der Waals surface area (Å²) in [6, 6.07) is 7.76. The first-order valence-corrected chi connectivity index (χ1v) is 9.25. The first-order chi connectivity index (χ1) is 12.7. The summed E-state index contributed by atoms with van der Waals surface area (Å²) in [7, 11) is 1.70. The first kappa shape index (κ1) is 23.6. The molecule has 1 saturated heterocycles. The second-order valence-electron chi connectivity index (χ2n) is 6.16. The van der Waals surface area contributed by atoms with E-state index < -0.39 is 0 Å². The number of hydrogen-bond donors (Lipinski definition) is 3. The smallest absolute Gasteiger partial charge is 0.253 e. The van der Waals surface area contributed by atoms with Crippen molar-refractivity contribution >= 4 is 41.5 Å². The number of carbonyl (C=O) groups is 1. The predicted octanol–water partition coefficient (Wildman–Crippen LogP) is 2.51. The predicted molar refractivity (Wildman–Crippen MR) is 119 cm³/mol. The zero-order valence-corrected chi connectivity index (χ0v) is 18.5. The number of rotatable bonds is 9. The van der Waals surface area contributed by atoms with E-state index in [9.17, 15) is 4.79 Å². The average molecular weight is 490 g/mol. The summed E-state index contributed by atoms with van der Waals surface area (Å²) < 4.78 is 10.5. The van der Waals surface area contributed by atoms with E-state index in [1.54, 1.807) is 7.11 Å². The molecule has 0 bridgehead atoms. The van der Waals surface area contributed by atoms with Crippen LogP contribution in [0.15, 0.2) is 29.3 Å². The minimum absolute atomic E-state index is 0. The molecule has 0 saturated carbocycles. The van der Waals surface area contributed by atoms with Crippen LogP contribution in [0, 0.1) is 0 Å². The molecule has 8 heteroatoms. The van der Waals surface area contributed by atoms with Gasteiger partial charge in [0.1, 0.15) is 6.10 Å². The number of carbonyl (C=O) groups excluding carboxylic acids is 1. The molecule has 3 N–H and O–H groups in total. The molecule has 1 atom stereocenters. The van der Waals surface area contributed by atoms with Crippen molar-refractivity contribution in [3.8, 4) is 0 Å².